The molecule has 0 radical (unpaired) electrons. The number of benzene rings is 1. The van der Waals surface area contributed by atoms with Crippen LogP contribution in [0.25, 0.3) is 0 Å². The summed E-state index contributed by atoms with van der Waals surface area (Å²) in [6, 6.07) is 7.14. The van der Waals surface area contributed by atoms with E-state index in [2.05, 4.69) is 0 Å². The molecule has 0 spiro atoms. The third-order valence-electron chi connectivity index (χ3n) is 1.87. The molecule has 0 amide bonds. The minimum Gasteiger partial charge on any atom is -0.456 e. The van der Waals surface area contributed by atoms with Gasteiger partial charge in [0.05, 0.1) is 0 Å². The van der Waals surface area contributed by atoms with E-state index in [4.69, 9.17) is 15.6 Å². The fourth-order valence-corrected chi connectivity index (χ4v) is 1.18. The number of nitrogen functional groups attached to an aromatic ring is 1. The molecule has 0 aliphatic rings. The van der Waals surface area contributed by atoms with Crippen molar-refractivity contribution in [3.63, 3.8) is 0 Å². The van der Waals surface area contributed by atoms with Crippen LogP contribution in [0.5, 0.6) is 0 Å². The molecule has 0 fully saturated rings. The molecule has 1 atom stereocenters. The van der Waals surface area contributed by atoms with Crippen LogP contribution in [0.15, 0.2) is 24.3 Å². The second-order valence-corrected chi connectivity index (χ2v) is 2.92. The monoisotopic (exact) mass is 195 g/mol. The van der Waals surface area contributed by atoms with E-state index in [9.17, 15) is 4.79 Å². The second kappa shape index (κ2) is 4.62. The van der Waals surface area contributed by atoms with Crippen molar-refractivity contribution in [3.05, 3.63) is 29.8 Å². The highest BCUT2D eigenvalue weighted by Gasteiger charge is 2.12. The first-order valence-electron chi connectivity index (χ1n) is 4.30. The van der Waals surface area contributed by atoms with E-state index in [0.717, 1.165) is 5.56 Å². The summed E-state index contributed by atoms with van der Waals surface area (Å²) in [5.41, 5.74) is 7.00. The first-order valence-corrected chi connectivity index (χ1v) is 4.30. The molecule has 1 rings (SSSR count). The SMILES string of the molecule is CC(OC(=O)CO)c1ccccc1N. The summed E-state index contributed by atoms with van der Waals surface area (Å²) in [4.78, 5) is 10.8. The molecule has 0 aliphatic carbocycles. The zero-order valence-corrected chi connectivity index (χ0v) is 7.93. The zero-order chi connectivity index (χ0) is 10.6. The molecular weight excluding hydrogens is 182 g/mol. The molecule has 14 heavy (non-hydrogen) atoms. The van der Waals surface area contributed by atoms with Crippen molar-refractivity contribution in [1.29, 1.82) is 0 Å². The third kappa shape index (κ3) is 2.47. The van der Waals surface area contributed by atoms with E-state index in [1.54, 1.807) is 25.1 Å². The molecule has 1 unspecified atom stereocenters. The van der Waals surface area contributed by atoms with Crippen molar-refractivity contribution < 1.29 is 14.6 Å². The summed E-state index contributed by atoms with van der Waals surface area (Å²) in [7, 11) is 0. The molecular formula is C10H13NO3. The predicted octanol–water partition coefficient (Wildman–Crippen LogP) is 0.865. The number of anilines is 1. The molecule has 0 saturated heterocycles. The van der Waals surface area contributed by atoms with E-state index < -0.39 is 18.7 Å². The fourth-order valence-electron chi connectivity index (χ4n) is 1.18. The largest absolute Gasteiger partial charge is 0.456 e. The fraction of sp³-hybridized carbons (Fsp3) is 0.300. The van der Waals surface area contributed by atoms with Gasteiger partial charge in [0.2, 0.25) is 0 Å². The van der Waals surface area contributed by atoms with Crippen LogP contribution in [-0.2, 0) is 9.53 Å². The van der Waals surface area contributed by atoms with Crippen molar-refractivity contribution in [2.45, 2.75) is 13.0 Å². The van der Waals surface area contributed by atoms with Crippen LogP contribution in [0.3, 0.4) is 0 Å². The average Bonchev–Trinajstić information content (AvgIpc) is 2.18. The van der Waals surface area contributed by atoms with Crippen LogP contribution in [-0.4, -0.2) is 17.7 Å². The Morgan fingerprint density at radius 2 is 2.21 bits per heavy atom. The maximum Gasteiger partial charge on any atom is 0.332 e. The number of aliphatic hydroxyl groups excluding tert-OH is 1. The molecule has 1 aromatic carbocycles. The van der Waals surface area contributed by atoms with Gasteiger partial charge in [-0.3, -0.25) is 0 Å². The van der Waals surface area contributed by atoms with Crippen LogP contribution in [0.2, 0.25) is 0 Å². The quantitative estimate of drug-likeness (QED) is 0.554. The maximum absolute atomic E-state index is 10.8. The van der Waals surface area contributed by atoms with E-state index in [1.807, 2.05) is 6.07 Å². The van der Waals surface area contributed by atoms with Gasteiger partial charge < -0.3 is 15.6 Å². The number of aliphatic hydroxyl groups is 1. The average molecular weight is 195 g/mol. The molecule has 4 nitrogen and oxygen atoms in total. The van der Waals surface area contributed by atoms with Gasteiger partial charge >= 0.3 is 5.97 Å². The molecule has 4 heteroatoms. The summed E-state index contributed by atoms with van der Waals surface area (Å²) >= 11 is 0. The summed E-state index contributed by atoms with van der Waals surface area (Å²) in [5, 5.41) is 8.49. The summed E-state index contributed by atoms with van der Waals surface area (Å²) in [6.07, 6.45) is -0.434. The minimum atomic E-state index is -0.652. The second-order valence-electron chi connectivity index (χ2n) is 2.92. The van der Waals surface area contributed by atoms with Gasteiger partial charge in [0.1, 0.15) is 12.7 Å². The maximum atomic E-state index is 10.8. The predicted molar refractivity (Wildman–Crippen MR) is 52.4 cm³/mol. The number of hydrogen-bond donors (Lipinski definition) is 2. The molecule has 3 N–H and O–H groups in total. The highest BCUT2D eigenvalue weighted by Crippen LogP contribution is 2.22. The van der Waals surface area contributed by atoms with Gasteiger partial charge in [0.15, 0.2) is 0 Å². The van der Waals surface area contributed by atoms with Crippen molar-refractivity contribution >= 4 is 11.7 Å². The normalized spacial score (nSPS) is 12.1. The highest BCUT2D eigenvalue weighted by atomic mass is 16.6. The van der Waals surface area contributed by atoms with Crippen LogP contribution in [0.1, 0.15) is 18.6 Å². The van der Waals surface area contributed by atoms with Gasteiger partial charge in [-0.25, -0.2) is 4.79 Å². The Morgan fingerprint density at radius 3 is 2.79 bits per heavy atom. The van der Waals surface area contributed by atoms with E-state index in [-0.39, 0.29) is 0 Å². The molecule has 0 heterocycles. The van der Waals surface area contributed by atoms with Crippen LogP contribution in [0.4, 0.5) is 5.69 Å². The molecule has 0 bridgehead atoms. The van der Waals surface area contributed by atoms with E-state index in [0.29, 0.717) is 5.69 Å². The first-order chi connectivity index (χ1) is 6.65. The summed E-state index contributed by atoms with van der Waals surface area (Å²) in [6.45, 7) is 1.09. The molecule has 0 aromatic heterocycles. The first kappa shape index (κ1) is 10.5. The van der Waals surface area contributed by atoms with Crippen molar-refractivity contribution in [3.8, 4) is 0 Å². The van der Waals surface area contributed by atoms with Gasteiger partial charge in [-0.05, 0) is 13.0 Å². The lowest BCUT2D eigenvalue weighted by atomic mass is 10.1. The number of rotatable bonds is 3. The number of para-hydroxylation sites is 1. The number of esters is 1. The summed E-state index contributed by atoms with van der Waals surface area (Å²) in [5.74, 6) is -0.652. The number of carbonyl (C=O) groups excluding carboxylic acids is 1. The Hall–Kier alpha value is -1.55. The Kier molecular flexibility index (Phi) is 3.48. The van der Waals surface area contributed by atoms with Crippen molar-refractivity contribution in [2.24, 2.45) is 0 Å². The van der Waals surface area contributed by atoms with Gasteiger partial charge in [-0.15, -0.1) is 0 Å². The van der Waals surface area contributed by atoms with Crippen LogP contribution < -0.4 is 5.73 Å². The molecule has 0 saturated carbocycles. The van der Waals surface area contributed by atoms with E-state index in [1.165, 1.54) is 0 Å². The van der Waals surface area contributed by atoms with Crippen molar-refractivity contribution in [2.75, 3.05) is 12.3 Å². The van der Waals surface area contributed by atoms with Crippen LogP contribution in [0, 0.1) is 0 Å². The lowest BCUT2D eigenvalue weighted by molar-refractivity contribution is -0.151. The smallest absolute Gasteiger partial charge is 0.332 e. The van der Waals surface area contributed by atoms with Gasteiger partial charge in [0.25, 0.3) is 0 Å². The van der Waals surface area contributed by atoms with Gasteiger partial charge in [0, 0.05) is 11.3 Å². The van der Waals surface area contributed by atoms with Crippen molar-refractivity contribution in [1.82, 2.24) is 0 Å². The standard InChI is InChI=1S/C10H13NO3/c1-7(14-10(13)6-12)8-4-2-3-5-9(8)11/h2-5,7,12H,6,11H2,1H3. The highest BCUT2D eigenvalue weighted by molar-refractivity contribution is 5.71. The lowest BCUT2D eigenvalue weighted by Gasteiger charge is -2.14. The third-order valence-corrected chi connectivity index (χ3v) is 1.87. The zero-order valence-electron chi connectivity index (χ0n) is 7.93. The number of carbonyl (C=O) groups is 1. The van der Waals surface area contributed by atoms with Gasteiger partial charge in [-0.1, -0.05) is 18.2 Å². The molecule has 0 aliphatic heterocycles. The van der Waals surface area contributed by atoms with Gasteiger partial charge in [-0.2, -0.15) is 0 Å². The Morgan fingerprint density at radius 1 is 1.57 bits per heavy atom. The minimum absolute atomic E-state index is 0.434. The molecule has 1 aromatic rings. The number of nitrogens with two attached hydrogens (primary N) is 1. The lowest BCUT2D eigenvalue weighted by Crippen LogP contribution is -2.13. The Labute approximate surface area is 82.3 Å². The van der Waals surface area contributed by atoms with Crippen LogP contribution >= 0.6 is 0 Å². The summed E-state index contributed by atoms with van der Waals surface area (Å²) < 4.78 is 4.90. The Bertz CT molecular complexity index is 325. The number of hydrogen-bond acceptors (Lipinski definition) is 4. The topological polar surface area (TPSA) is 72.5 Å². The van der Waals surface area contributed by atoms with E-state index >= 15 is 0 Å². The Balaban J connectivity index is 2.74. The number of ether oxygens (including phenoxy) is 1. The molecule has 76 valence electrons.